The molecule has 0 bridgehead atoms. The number of anilines is 1. The van der Waals surface area contributed by atoms with Crippen LogP contribution in [-0.2, 0) is 9.59 Å². The van der Waals surface area contributed by atoms with Gasteiger partial charge in [-0.2, -0.15) is 0 Å². The van der Waals surface area contributed by atoms with Crippen molar-refractivity contribution in [2.24, 2.45) is 17.8 Å². The maximum atomic E-state index is 12.5. The first kappa shape index (κ1) is 16.0. The Balaban J connectivity index is 1.56. The van der Waals surface area contributed by atoms with Crippen LogP contribution < -0.4 is 5.32 Å². The molecule has 1 saturated carbocycles. The number of amides is 2. The summed E-state index contributed by atoms with van der Waals surface area (Å²) >= 11 is 0. The molecule has 1 aromatic carbocycles. The first-order valence-corrected chi connectivity index (χ1v) is 8.63. The highest BCUT2D eigenvalue weighted by atomic mass is 16.2. The Hall–Kier alpha value is -1.84. The van der Waals surface area contributed by atoms with E-state index >= 15 is 0 Å². The van der Waals surface area contributed by atoms with Gasteiger partial charge in [0.05, 0.1) is 11.8 Å². The molecule has 1 N–H and O–H groups in total. The summed E-state index contributed by atoms with van der Waals surface area (Å²) in [5.74, 6) is 0.623. The predicted octanol–water partition coefficient (Wildman–Crippen LogP) is 3.14. The Labute approximate surface area is 138 Å². The van der Waals surface area contributed by atoms with Gasteiger partial charge in [-0.1, -0.05) is 19.1 Å². The lowest BCUT2D eigenvalue weighted by molar-refractivity contribution is -0.135. The molecule has 0 aromatic heterocycles. The molecule has 1 saturated heterocycles. The van der Waals surface area contributed by atoms with E-state index in [0.717, 1.165) is 42.7 Å². The Bertz CT molecular complexity index is 618. The summed E-state index contributed by atoms with van der Waals surface area (Å²) in [4.78, 5) is 26.9. The van der Waals surface area contributed by atoms with Gasteiger partial charge in [0.25, 0.3) is 0 Å². The Morgan fingerprint density at radius 2 is 1.83 bits per heavy atom. The highest BCUT2D eigenvalue weighted by Crippen LogP contribution is 2.41. The minimum Gasteiger partial charge on any atom is -0.342 e. The van der Waals surface area contributed by atoms with E-state index in [-0.39, 0.29) is 23.7 Å². The third-order valence-corrected chi connectivity index (χ3v) is 5.40. The Morgan fingerprint density at radius 3 is 2.52 bits per heavy atom. The molecular formula is C19H26N2O2. The summed E-state index contributed by atoms with van der Waals surface area (Å²) in [5, 5.41) is 3.00. The molecule has 2 unspecified atom stereocenters. The standard InChI is InChI=1S/C19H26N2O2/c1-12-7-9-21(10-8-12)19(23)16-11-15(16)18(22)20-17-6-4-5-13(2)14(17)3/h4-6,12,15-16H,7-11H2,1-3H3,(H,20,22). The lowest BCUT2D eigenvalue weighted by Gasteiger charge is -2.30. The molecule has 4 nitrogen and oxygen atoms in total. The van der Waals surface area contributed by atoms with Crippen molar-refractivity contribution >= 4 is 17.5 Å². The monoisotopic (exact) mass is 314 g/mol. The number of hydrogen-bond acceptors (Lipinski definition) is 2. The number of carbonyl (C=O) groups is 2. The fourth-order valence-electron chi connectivity index (χ4n) is 3.33. The molecule has 3 rings (SSSR count). The molecule has 0 radical (unpaired) electrons. The average molecular weight is 314 g/mol. The van der Waals surface area contributed by atoms with E-state index in [0.29, 0.717) is 12.3 Å². The quantitative estimate of drug-likeness (QED) is 0.932. The highest BCUT2D eigenvalue weighted by molar-refractivity contribution is 6.00. The van der Waals surface area contributed by atoms with Crippen LogP contribution in [0.1, 0.15) is 37.3 Å². The molecule has 1 aliphatic heterocycles. The molecule has 0 spiro atoms. The summed E-state index contributed by atoms with van der Waals surface area (Å²) in [6, 6.07) is 5.90. The third kappa shape index (κ3) is 3.41. The number of likely N-dealkylation sites (tertiary alicyclic amines) is 1. The molecule has 2 atom stereocenters. The maximum Gasteiger partial charge on any atom is 0.228 e. The minimum atomic E-state index is -0.151. The van der Waals surface area contributed by atoms with Crippen molar-refractivity contribution in [2.75, 3.05) is 18.4 Å². The third-order valence-electron chi connectivity index (χ3n) is 5.40. The van der Waals surface area contributed by atoms with E-state index in [1.807, 2.05) is 36.9 Å². The van der Waals surface area contributed by atoms with Crippen molar-refractivity contribution in [2.45, 2.75) is 40.0 Å². The molecule has 23 heavy (non-hydrogen) atoms. The lowest BCUT2D eigenvalue weighted by atomic mass is 9.99. The maximum absolute atomic E-state index is 12.5. The van der Waals surface area contributed by atoms with Crippen LogP contribution in [0.2, 0.25) is 0 Å². The van der Waals surface area contributed by atoms with Crippen LogP contribution in [0, 0.1) is 31.6 Å². The fraction of sp³-hybridized carbons (Fsp3) is 0.579. The van der Waals surface area contributed by atoms with Gasteiger partial charge in [0, 0.05) is 18.8 Å². The van der Waals surface area contributed by atoms with Crippen molar-refractivity contribution < 1.29 is 9.59 Å². The van der Waals surface area contributed by atoms with Gasteiger partial charge in [0.2, 0.25) is 11.8 Å². The summed E-state index contributed by atoms with van der Waals surface area (Å²) in [6.07, 6.45) is 2.86. The van der Waals surface area contributed by atoms with Gasteiger partial charge in [-0.05, 0) is 56.2 Å². The normalized spacial score (nSPS) is 24.4. The number of rotatable bonds is 3. The zero-order valence-electron chi connectivity index (χ0n) is 14.3. The van der Waals surface area contributed by atoms with Gasteiger partial charge < -0.3 is 10.2 Å². The van der Waals surface area contributed by atoms with Crippen LogP contribution >= 0.6 is 0 Å². The van der Waals surface area contributed by atoms with Crippen LogP contribution in [0.25, 0.3) is 0 Å². The first-order valence-electron chi connectivity index (χ1n) is 8.63. The van der Waals surface area contributed by atoms with Crippen molar-refractivity contribution in [3.63, 3.8) is 0 Å². The number of piperidine rings is 1. The van der Waals surface area contributed by atoms with E-state index in [1.54, 1.807) is 0 Å². The minimum absolute atomic E-state index is 0.0116. The van der Waals surface area contributed by atoms with E-state index in [9.17, 15) is 9.59 Å². The van der Waals surface area contributed by atoms with Crippen LogP contribution in [0.5, 0.6) is 0 Å². The lowest BCUT2D eigenvalue weighted by Crippen LogP contribution is -2.39. The first-order chi connectivity index (χ1) is 11.0. The predicted molar refractivity (Wildman–Crippen MR) is 91.1 cm³/mol. The zero-order valence-corrected chi connectivity index (χ0v) is 14.3. The molecule has 124 valence electrons. The Kier molecular flexibility index (Phi) is 4.42. The van der Waals surface area contributed by atoms with Crippen molar-refractivity contribution in [1.82, 2.24) is 4.90 Å². The van der Waals surface area contributed by atoms with Gasteiger partial charge in [-0.25, -0.2) is 0 Å². The van der Waals surface area contributed by atoms with Crippen LogP contribution in [0.3, 0.4) is 0 Å². The highest BCUT2D eigenvalue weighted by Gasteiger charge is 2.49. The summed E-state index contributed by atoms with van der Waals surface area (Å²) in [7, 11) is 0. The fourth-order valence-corrected chi connectivity index (χ4v) is 3.33. The van der Waals surface area contributed by atoms with Crippen LogP contribution in [0.15, 0.2) is 18.2 Å². The van der Waals surface area contributed by atoms with Crippen molar-refractivity contribution in [3.05, 3.63) is 29.3 Å². The number of aryl methyl sites for hydroxylation is 1. The van der Waals surface area contributed by atoms with E-state index in [2.05, 4.69) is 12.2 Å². The topological polar surface area (TPSA) is 49.4 Å². The second-order valence-electron chi connectivity index (χ2n) is 7.19. The number of hydrogen-bond donors (Lipinski definition) is 1. The number of nitrogens with zero attached hydrogens (tertiary/aromatic N) is 1. The molecule has 2 fully saturated rings. The Morgan fingerprint density at radius 1 is 1.13 bits per heavy atom. The molecule has 2 amide bonds. The SMILES string of the molecule is Cc1cccc(NC(=O)C2CC2C(=O)N2CCC(C)CC2)c1C. The number of carbonyl (C=O) groups excluding carboxylic acids is 2. The van der Waals surface area contributed by atoms with Gasteiger partial charge in [-0.15, -0.1) is 0 Å². The summed E-state index contributed by atoms with van der Waals surface area (Å²) in [5.41, 5.74) is 3.11. The van der Waals surface area contributed by atoms with Gasteiger partial charge in [-0.3, -0.25) is 9.59 Å². The average Bonchev–Trinajstić information content (AvgIpc) is 3.32. The van der Waals surface area contributed by atoms with Crippen LogP contribution in [-0.4, -0.2) is 29.8 Å². The van der Waals surface area contributed by atoms with E-state index in [4.69, 9.17) is 0 Å². The molecule has 1 heterocycles. The largest absolute Gasteiger partial charge is 0.342 e. The molecule has 2 aliphatic rings. The van der Waals surface area contributed by atoms with Crippen molar-refractivity contribution in [1.29, 1.82) is 0 Å². The van der Waals surface area contributed by atoms with Crippen molar-refractivity contribution in [3.8, 4) is 0 Å². The summed E-state index contributed by atoms with van der Waals surface area (Å²) in [6.45, 7) is 7.98. The molecule has 4 heteroatoms. The van der Waals surface area contributed by atoms with Crippen LogP contribution in [0.4, 0.5) is 5.69 Å². The zero-order chi connectivity index (χ0) is 16.6. The van der Waals surface area contributed by atoms with E-state index < -0.39 is 0 Å². The van der Waals surface area contributed by atoms with Gasteiger partial charge in [0.15, 0.2) is 0 Å². The molecule has 1 aliphatic carbocycles. The van der Waals surface area contributed by atoms with Gasteiger partial charge >= 0.3 is 0 Å². The number of benzene rings is 1. The molecule has 1 aromatic rings. The smallest absolute Gasteiger partial charge is 0.228 e. The summed E-state index contributed by atoms with van der Waals surface area (Å²) < 4.78 is 0. The second-order valence-corrected chi connectivity index (χ2v) is 7.19. The van der Waals surface area contributed by atoms with E-state index in [1.165, 1.54) is 0 Å². The van der Waals surface area contributed by atoms with Gasteiger partial charge in [0.1, 0.15) is 0 Å². The second kappa shape index (κ2) is 6.34. The number of nitrogens with one attached hydrogen (secondary N) is 1. The molecular weight excluding hydrogens is 288 g/mol.